The van der Waals surface area contributed by atoms with E-state index in [1.807, 2.05) is 54.6 Å². The summed E-state index contributed by atoms with van der Waals surface area (Å²) in [6, 6.07) is 17.4. The van der Waals surface area contributed by atoms with Gasteiger partial charge in [-0.2, -0.15) is 0 Å². The van der Waals surface area contributed by atoms with Gasteiger partial charge in [0, 0.05) is 29.0 Å². The van der Waals surface area contributed by atoms with Crippen molar-refractivity contribution in [2.24, 2.45) is 0 Å². The van der Waals surface area contributed by atoms with Crippen molar-refractivity contribution in [2.75, 3.05) is 0 Å². The van der Waals surface area contributed by atoms with Crippen molar-refractivity contribution >= 4 is 0 Å². The van der Waals surface area contributed by atoms with E-state index in [9.17, 15) is 10.2 Å². The molecule has 0 radical (unpaired) electrons. The molecule has 0 saturated carbocycles. The van der Waals surface area contributed by atoms with Crippen molar-refractivity contribution in [3.05, 3.63) is 83.4 Å². The zero-order chi connectivity index (χ0) is 17.7. The number of aromatic nitrogens is 1. The van der Waals surface area contributed by atoms with E-state index >= 15 is 0 Å². The average molecular weight is 345 g/mol. The molecule has 1 aromatic heterocycles. The van der Waals surface area contributed by atoms with Gasteiger partial charge < -0.3 is 14.9 Å². The highest BCUT2D eigenvalue weighted by atomic mass is 16.5. The summed E-state index contributed by atoms with van der Waals surface area (Å²) in [4.78, 5) is 0. The molecule has 3 aromatic rings. The third-order valence-electron chi connectivity index (χ3n) is 5.34. The largest absolute Gasteiger partial charge is 0.494 e. The number of benzene rings is 2. The Hall–Kier alpha value is -3.14. The second kappa shape index (κ2) is 5.70. The lowest BCUT2D eigenvalue weighted by Crippen LogP contribution is -1.98. The molecule has 2 aromatic carbocycles. The van der Waals surface area contributed by atoms with Gasteiger partial charge in [-0.25, -0.2) is 0 Å². The molecule has 0 amide bonds. The van der Waals surface area contributed by atoms with Gasteiger partial charge in [0.05, 0.1) is 5.69 Å². The fraction of sp³-hybridized carbons (Fsp3) is 0.182. The first-order valence-electron chi connectivity index (χ1n) is 8.84. The molecule has 5 rings (SSSR count). The second-order valence-electron chi connectivity index (χ2n) is 6.92. The van der Waals surface area contributed by atoms with Crippen molar-refractivity contribution in [3.8, 4) is 23.2 Å². The van der Waals surface area contributed by atoms with E-state index in [1.165, 1.54) is 4.57 Å². The Morgan fingerprint density at radius 2 is 1.58 bits per heavy atom. The molecule has 2 aliphatic carbocycles. The lowest BCUT2D eigenvalue weighted by Gasteiger charge is -2.12. The van der Waals surface area contributed by atoms with Crippen LogP contribution in [0.25, 0.3) is 5.69 Å². The maximum Gasteiger partial charge on any atom is 0.202 e. The summed E-state index contributed by atoms with van der Waals surface area (Å²) in [5.74, 6) is 1.38. The molecule has 2 atom stereocenters. The number of hydrogen-bond donors (Lipinski definition) is 2. The fourth-order valence-electron chi connectivity index (χ4n) is 4.14. The summed E-state index contributed by atoms with van der Waals surface area (Å²) >= 11 is 0. The zero-order valence-electron chi connectivity index (χ0n) is 14.2. The minimum Gasteiger partial charge on any atom is -0.494 e. The molecule has 2 aliphatic rings. The van der Waals surface area contributed by atoms with Gasteiger partial charge in [0.15, 0.2) is 0 Å². The van der Waals surface area contributed by atoms with Crippen molar-refractivity contribution in [3.63, 3.8) is 0 Å². The van der Waals surface area contributed by atoms with E-state index in [4.69, 9.17) is 4.74 Å². The molecule has 0 fully saturated rings. The number of nitrogens with zero attached hydrogens (tertiary/aromatic N) is 1. The first-order valence-corrected chi connectivity index (χ1v) is 8.84. The van der Waals surface area contributed by atoms with Gasteiger partial charge in [-0.15, -0.1) is 0 Å². The van der Waals surface area contributed by atoms with Gasteiger partial charge in [-0.1, -0.05) is 48.6 Å². The molecular formula is C22H19NO3. The van der Waals surface area contributed by atoms with E-state index < -0.39 is 0 Å². The first-order chi connectivity index (χ1) is 12.7. The Balaban J connectivity index is 1.47. The SMILES string of the molecule is Oc1c2c(c(O)n1-c1cccc(OCc3ccccc3)c1)C1C=CC2C1. The van der Waals surface area contributed by atoms with Crippen molar-refractivity contribution in [2.45, 2.75) is 24.9 Å². The van der Waals surface area contributed by atoms with Crippen LogP contribution in [0.15, 0.2) is 66.7 Å². The van der Waals surface area contributed by atoms with Crippen LogP contribution < -0.4 is 4.74 Å². The Morgan fingerprint density at radius 1 is 0.885 bits per heavy atom. The number of aromatic hydroxyl groups is 2. The number of allylic oxidation sites excluding steroid dienone is 2. The van der Waals surface area contributed by atoms with Crippen LogP contribution in [0.4, 0.5) is 0 Å². The summed E-state index contributed by atoms with van der Waals surface area (Å²) in [5.41, 5.74) is 3.52. The van der Waals surface area contributed by atoms with Gasteiger partial charge >= 0.3 is 0 Å². The third kappa shape index (κ3) is 2.22. The summed E-state index contributed by atoms with van der Waals surface area (Å²) in [7, 11) is 0. The molecular weight excluding hydrogens is 326 g/mol. The quantitative estimate of drug-likeness (QED) is 0.679. The van der Waals surface area contributed by atoms with Gasteiger partial charge in [0.25, 0.3) is 0 Å². The molecule has 0 saturated heterocycles. The van der Waals surface area contributed by atoms with Crippen molar-refractivity contribution < 1.29 is 14.9 Å². The van der Waals surface area contributed by atoms with Crippen LogP contribution in [0.1, 0.15) is 34.9 Å². The molecule has 0 spiro atoms. The third-order valence-corrected chi connectivity index (χ3v) is 5.34. The van der Waals surface area contributed by atoms with Crippen LogP contribution >= 0.6 is 0 Å². The van der Waals surface area contributed by atoms with Gasteiger partial charge in [-0.3, -0.25) is 4.57 Å². The van der Waals surface area contributed by atoms with E-state index in [1.54, 1.807) is 0 Å². The molecule has 26 heavy (non-hydrogen) atoms. The van der Waals surface area contributed by atoms with Crippen molar-refractivity contribution in [1.82, 2.24) is 4.57 Å². The molecule has 4 heteroatoms. The van der Waals surface area contributed by atoms with E-state index in [-0.39, 0.29) is 23.6 Å². The predicted octanol–water partition coefficient (Wildman–Crippen LogP) is 4.61. The second-order valence-corrected chi connectivity index (χ2v) is 6.92. The maximum atomic E-state index is 10.7. The van der Waals surface area contributed by atoms with Crippen LogP contribution in [-0.2, 0) is 6.61 Å². The standard InChI is InChI=1S/C22H19NO3/c24-21-19-15-9-10-16(11-15)20(19)22(25)23(21)17-7-4-8-18(12-17)26-13-14-5-2-1-3-6-14/h1-10,12,15-16,24-25H,11,13H2. The molecule has 0 aliphatic heterocycles. The van der Waals surface area contributed by atoms with Crippen LogP contribution in [0.5, 0.6) is 17.5 Å². The Labute approximate surface area is 151 Å². The topological polar surface area (TPSA) is 54.6 Å². The molecule has 130 valence electrons. The van der Waals surface area contributed by atoms with Crippen LogP contribution in [-0.4, -0.2) is 14.8 Å². The first kappa shape index (κ1) is 15.1. The summed E-state index contributed by atoms with van der Waals surface area (Å²) in [6.07, 6.45) is 5.19. The summed E-state index contributed by atoms with van der Waals surface area (Å²) < 4.78 is 7.40. The highest BCUT2D eigenvalue weighted by molar-refractivity contribution is 5.62. The fourth-order valence-corrected chi connectivity index (χ4v) is 4.14. The Morgan fingerprint density at radius 3 is 2.27 bits per heavy atom. The smallest absolute Gasteiger partial charge is 0.202 e. The highest BCUT2D eigenvalue weighted by Gasteiger charge is 2.41. The molecule has 1 heterocycles. The molecule has 2 N–H and O–H groups in total. The molecule has 4 nitrogen and oxygen atoms in total. The van der Waals surface area contributed by atoms with Gasteiger partial charge in [0.1, 0.15) is 12.4 Å². The molecule has 2 bridgehead atoms. The van der Waals surface area contributed by atoms with Crippen LogP contribution in [0.3, 0.4) is 0 Å². The van der Waals surface area contributed by atoms with E-state index in [2.05, 4.69) is 12.2 Å². The van der Waals surface area contributed by atoms with Crippen LogP contribution in [0, 0.1) is 0 Å². The Kier molecular flexibility index (Phi) is 3.32. The minimum atomic E-state index is 0.134. The van der Waals surface area contributed by atoms with E-state index in [0.717, 1.165) is 23.1 Å². The van der Waals surface area contributed by atoms with E-state index in [0.29, 0.717) is 18.0 Å². The predicted molar refractivity (Wildman–Crippen MR) is 99.1 cm³/mol. The number of hydrogen-bond acceptors (Lipinski definition) is 3. The summed E-state index contributed by atoms with van der Waals surface area (Å²) in [6.45, 7) is 0.471. The lowest BCUT2D eigenvalue weighted by atomic mass is 10.0. The highest BCUT2D eigenvalue weighted by Crippen LogP contribution is 2.57. The molecule has 2 unspecified atom stereocenters. The Bertz CT molecular complexity index is 968. The lowest BCUT2D eigenvalue weighted by molar-refractivity contribution is 0.306. The monoisotopic (exact) mass is 345 g/mol. The number of fused-ring (bicyclic) bond motifs is 5. The zero-order valence-corrected chi connectivity index (χ0v) is 14.2. The van der Waals surface area contributed by atoms with Crippen LogP contribution in [0.2, 0.25) is 0 Å². The number of rotatable bonds is 4. The minimum absolute atomic E-state index is 0.134. The van der Waals surface area contributed by atoms with Gasteiger partial charge in [0.2, 0.25) is 11.8 Å². The normalized spacial score (nSPS) is 19.7. The number of ether oxygens (including phenoxy) is 1. The average Bonchev–Trinajstić information content (AvgIpc) is 3.35. The van der Waals surface area contributed by atoms with Crippen molar-refractivity contribution in [1.29, 1.82) is 0 Å². The maximum absolute atomic E-state index is 10.7. The van der Waals surface area contributed by atoms with Gasteiger partial charge in [-0.05, 0) is 24.1 Å². The summed E-state index contributed by atoms with van der Waals surface area (Å²) in [5, 5.41) is 21.5.